The van der Waals surface area contributed by atoms with E-state index in [4.69, 9.17) is 0 Å². The number of hydrogen-bond acceptors (Lipinski definition) is 5. The van der Waals surface area contributed by atoms with Crippen LogP contribution in [0, 0.1) is 6.92 Å². The predicted octanol–water partition coefficient (Wildman–Crippen LogP) is 5.23. The summed E-state index contributed by atoms with van der Waals surface area (Å²) in [6, 6.07) is 15.4. The number of hydrogen-bond donors (Lipinski definition) is 0. The van der Waals surface area contributed by atoms with E-state index in [2.05, 4.69) is 68.0 Å². The molecule has 2 aromatic rings. The molecule has 0 N–H and O–H groups in total. The summed E-state index contributed by atoms with van der Waals surface area (Å²) in [4.78, 5) is 5.86. The normalized spacial score (nSPS) is 19.9. The van der Waals surface area contributed by atoms with E-state index >= 15 is 0 Å². The first-order chi connectivity index (χ1) is 16.1. The molecule has 5 nitrogen and oxygen atoms in total. The third-order valence-electron chi connectivity index (χ3n) is 7.41. The molecule has 0 radical (unpaired) electrons. The van der Waals surface area contributed by atoms with Crippen LogP contribution in [0.3, 0.4) is 0 Å². The van der Waals surface area contributed by atoms with Gasteiger partial charge in [-0.05, 0) is 95.2 Å². The van der Waals surface area contributed by atoms with Crippen LogP contribution in [0.2, 0.25) is 0 Å². The first-order valence-electron chi connectivity index (χ1n) is 12.2. The van der Waals surface area contributed by atoms with Gasteiger partial charge in [0.15, 0.2) is 0 Å². The Morgan fingerprint density at radius 1 is 1.12 bits per heavy atom. The lowest BCUT2D eigenvalue weighted by molar-refractivity contribution is 0.169. The fourth-order valence-electron chi connectivity index (χ4n) is 4.70. The minimum atomic E-state index is -3.57. The van der Waals surface area contributed by atoms with E-state index in [1.807, 2.05) is 25.4 Å². The molecule has 2 aromatic carbocycles. The highest BCUT2D eigenvalue weighted by Gasteiger charge is 2.31. The molecule has 188 valence electrons. The molecule has 0 bridgehead atoms. The minimum Gasteiger partial charge on any atom is -0.303 e. The van der Waals surface area contributed by atoms with Crippen molar-refractivity contribution in [3.63, 3.8) is 0 Å². The molecule has 1 fully saturated rings. The van der Waals surface area contributed by atoms with E-state index in [1.165, 1.54) is 27.2 Å². The summed E-state index contributed by atoms with van der Waals surface area (Å²) >= 11 is 1.50. The summed E-state index contributed by atoms with van der Waals surface area (Å²) < 4.78 is 28.7. The lowest BCUT2D eigenvalue weighted by atomic mass is 9.82. The molecule has 1 aliphatic heterocycles. The molecule has 7 heteroatoms. The highest BCUT2D eigenvalue weighted by atomic mass is 32.2. The SMILES string of the molecule is CSc1ccc(C2CCN(C)C(c3ccccc3C)C2)cc1S(=O)(=O)N(C)CCN(C)C(C)C. The van der Waals surface area contributed by atoms with Gasteiger partial charge in [-0.2, -0.15) is 4.31 Å². The molecule has 3 rings (SSSR count). The van der Waals surface area contributed by atoms with E-state index in [-0.39, 0.29) is 0 Å². The highest BCUT2D eigenvalue weighted by molar-refractivity contribution is 7.99. The van der Waals surface area contributed by atoms with Crippen molar-refractivity contribution >= 4 is 21.8 Å². The maximum absolute atomic E-state index is 13.6. The average molecular weight is 504 g/mol. The molecule has 2 unspecified atom stereocenters. The lowest BCUT2D eigenvalue weighted by Gasteiger charge is -2.38. The molecule has 1 heterocycles. The van der Waals surface area contributed by atoms with Crippen molar-refractivity contribution in [3.8, 4) is 0 Å². The Labute approximate surface area is 211 Å². The first-order valence-corrected chi connectivity index (χ1v) is 14.8. The van der Waals surface area contributed by atoms with Gasteiger partial charge in [0.1, 0.15) is 0 Å². The number of sulfonamides is 1. The van der Waals surface area contributed by atoms with Crippen LogP contribution in [0.25, 0.3) is 0 Å². The van der Waals surface area contributed by atoms with E-state index in [9.17, 15) is 8.42 Å². The van der Waals surface area contributed by atoms with E-state index < -0.39 is 10.0 Å². The Hall–Kier alpha value is -1.38. The fourth-order valence-corrected chi connectivity index (χ4v) is 7.00. The number of thioether (sulfide) groups is 1. The van der Waals surface area contributed by atoms with Gasteiger partial charge >= 0.3 is 0 Å². The number of likely N-dealkylation sites (tertiary alicyclic amines) is 1. The maximum Gasteiger partial charge on any atom is 0.243 e. The van der Waals surface area contributed by atoms with Gasteiger partial charge in [-0.3, -0.25) is 4.90 Å². The maximum atomic E-state index is 13.6. The van der Waals surface area contributed by atoms with Crippen molar-refractivity contribution in [1.82, 2.24) is 14.1 Å². The average Bonchev–Trinajstić information content (AvgIpc) is 2.82. The number of piperidine rings is 1. The van der Waals surface area contributed by atoms with Gasteiger partial charge in [0.2, 0.25) is 10.0 Å². The molecular formula is C27H41N3O2S2. The molecule has 0 saturated carbocycles. The molecule has 0 aromatic heterocycles. The van der Waals surface area contributed by atoms with Crippen LogP contribution in [0.15, 0.2) is 52.3 Å². The first kappa shape index (κ1) is 27.2. The summed E-state index contributed by atoms with van der Waals surface area (Å²) in [5, 5.41) is 0. The zero-order chi connectivity index (χ0) is 25.0. The molecule has 34 heavy (non-hydrogen) atoms. The summed E-state index contributed by atoms with van der Waals surface area (Å²) in [6.45, 7) is 8.59. The fraction of sp³-hybridized carbons (Fsp3) is 0.556. The van der Waals surface area contributed by atoms with Gasteiger partial charge in [0, 0.05) is 37.1 Å². The molecule has 1 saturated heterocycles. The van der Waals surface area contributed by atoms with Crippen LogP contribution in [0.5, 0.6) is 0 Å². The van der Waals surface area contributed by atoms with Crippen molar-refractivity contribution in [2.45, 2.75) is 61.4 Å². The predicted molar refractivity (Wildman–Crippen MR) is 144 cm³/mol. The number of rotatable bonds is 9. The van der Waals surface area contributed by atoms with E-state index in [1.54, 1.807) is 7.05 Å². The second kappa shape index (κ2) is 11.6. The molecule has 0 aliphatic carbocycles. The number of likely N-dealkylation sites (N-methyl/N-ethyl adjacent to an activating group) is 2. The van der Waals surface area contributed by atoms with Crippen LogP contribution in [-0.2, 0) is 10.0 Å². The van der Waals surface area contributed by atoms with Gasteiger partial charge in [-0.25, -0.2) is 8.42 Å². The molecule has 0 amide bonds. The number of benzene rings is 2. The Kier molecular flexibility index (Phi) is 9.26. The molecule has 0 spiro atoms. The second-order valence-electron chi connectivity index (χ2n) is 9.89. The van der Waals surface area contributed by atoms with Crippen LogP contribution in [-0.4, -0.2) is 75.6 Å². The van der Waals surface area contributed by atoms with Gasteiger partial charge in [0.25, 0.3) is 0 Å². The third-order valence-corrected chi connectivity index (χ3v) is 10.2. The van der Waals surface area contributed by atoms with Crippen LogP contribution in [0.4, 0.5) is 0 Å². The Morgan fingerprint density at radius 3 is 2.47 bits per heavy atom. The standard InChI is InChI=1S/C27H41N3O2S2/c1-20(2)28(4)16-17-30(6)34(31,32)27-19-22(12-13-26(27)33-7)23-14-15-29(5)25(18-23)24-11-9-8-10-21(24)3/h8-13,19-20,23,25H,14-18H2,1-7H3. The van der Waals surface area contributed by atoms with E-state index in [0.29, 0.717) is 36.0 Å². The van der Waals surface area contributed by atoms with Crippen molar-refractivity contribution in [1.29, 1.82) is 0 Å². The van der Waals surface area contributed by atoms with Crippen LogP contribution in [0.1, 0.15) is 55.3 Å². The van der Waals surface area contributed by atoms with E-state index in [0.717, 1.165) is 29.8 Å². The van der Waals surface area contributed by atoms with Gasteiger partial charge < -0.3 is 4.90 Å². The summed E-state index contributed by atoms with van der Waals surface area (Å²) in [5.74, 6) is 0.336. The van der Waals surface area contributed by atoms with Crippen molar-refractivity contribution in [2.75, 3.05) is 47.0 Å². The van der Waals surface area contributed by atoms with Crippen LogP contribution < -0.4 is 0 Å². The number of nitrogens with zero attached hydrogens (tertiary/aromatic N) is 3. The summed E-state index contributed by atoms with van der Waals surface area (Å²) in [6.07, 6.45) is 3.98. The van der Waals surface area contributed by atoms with Crippen molar-refractivity contribution < 1.29 is 8.42 Å². The Balaban J connectivity index is 1.88. The second-order valence-corrected chi connectivity index (χ2v) is 12.7. The van der Waals surface area contributed by atoms with Crippen molar-refractivity contribution in [3.05, 3.63) is 59.2 Å². The molecular weight excluding hydrogens is 462 g/mol. The largest absolute Gasteiger partial charge is 0.303 e. The highest BCUT2D eigenvalue weighted by Crippen LogP contribution is 2.41. The van der Waals surface area contributed by atoms with Crippen LogP contribution >= 0.6 is 11.8 Å². The lowest BCUT2D eigenvalue weighted by Crippen LogP contribution is -2.37. The monoisotopic (exact) mass is 503 g/mol. The Bertz CT molecular complexity index is 1070. The Morgan fingerprint density at radius 2 is 1.82 bits per heavy atom. The minimum absolute atomic E-state index is 0.336. The van der Waals surface area contributed by atoms with Gasteiger partial charge in [-0.15, -0.1) is 11.8 Å². The smallest absolute Gasteiger partial charge is 0.243 e. The molecule has 2 atom stereocenters. The summed E-state index contributed by atoms with van der Waals surface area (Å²) in [5.41, 5.74) is 3.82. The summed E-state index contributed by atoms with van der Waals surface area (Å²) in [7, 11) is 2.36. The number of aryl methyl sites for hydroxylation is 1. The van der Waals surface area contributed by atoms with Gasteiger partial charge in [0.05, 0.1) is 4.90 Å². The zero-order valence-corrected chi connectivity index (χ0v) is 23.4. The van der Waals surface area contributed by atoms with Crippen molar-refractivity contribution in [2.24, 2.45) is 0 Å². The zero-order valence-electron chi connectivity index (χ0n) is 21.8. The molecule has 1 aliphatic rings. The quantitative estimate of drug-likeness (QED) is 0.439. The topological polar surface area (TPSA) is 43.9 Å². The van der Waals surface area contributed by atoms with Gasteiger partial charge in [-0.1, -0.05) is 30.3 Å². The third kappa shape index (κ3) is 6.05.